The average molecular weight is 168 g/mol. The van der Waals surface area contributed by atoms with Crippen molar-refractivity contribution >= 4 is 0 Å². The van der Waals surface area contributed by atoms with Crippen molar-refractivity contribution in [2.24, 2.45) is 5.73 Å². The summed E-state index contributed by atoms with van der Waals surface area (Å²) in [6.07, 6.45) is 0. The molecule has 2 heterocycles. The molecule has 2 N–H and O–H groups in total. The molecular formula is C8H12N2O2. The van der Waals surface area contributed by atoms with Gasteiger partial charge in [-0.15, -0.1) is 0 Å². The molecule has 0 saturated carbocycles. The minimum Gasteiger partial charge on any atom is -0.379 e. The zero-order valence-corrected chi connectivity index (χ0v) is 7.04. The van der Waals surface area contributed by atoms with Crippen LogP contribution in [-0.4, -0.2) is 18.4 Å². The van der Waals surface area contributed by atoms with Gasteiger partial charge in [-0.2, -0.15) is 0 Å². The third-order valence-electron chi connectivity index (χ3n) is 2.22. The first-order valence-corrected chi connectivity index (χ1v) is 3.98. The molecule has 0 spiro atoms. The Hall–Kier alpha value is -0.870. The summed E-state index contributed by atoms with van der Waals surface area (Å²) >= 11 is 0. The lowest BCUT2D eigenvalue weighted by Gasteiger charge is -2.35. The van der Waals surface area contributed by atoms with E-state index in [0.29, 0.717) is 6.54 Å². The maximum atomic E-state index is 5.40. The highest BCUT2D eigenvalue weighted by Gasteiger charge is 2.38. The predicted molar refractivity (Wildman–Crippen MR) is 42.6 cm³/mol. The second-order valence-corrected chi connectivity index (χ2v) is 3.44. The number of aromatic nitrogens is 1. The third-order valence-corrected chi connectivity index (χ3v) is 2.22. The van der Waals surface area contributed by atoms with Crippen molar-refractivity contribution in [3.05, 3.63) is 17.5 Å². The van der Waals surface area contributed by atoms with Crippen LogP contribution in [0.15, 0.2) is 10.6 Å². The molecule has 0 bridgehead atoms. The van der Waals surface area contributed by atoms with Crippen LogP contribution in [0.3, 0.4) is 0 Å². The molecule has 2 rings (SSSR count). The molecule has 0 radical (unpaired) electrons. The molecule has 12 heavy (non-hydrogen) atoms. The topological polar surface area (TPSA) is 61.3 Å². The highest BCUT2D eigenvalue weighted by atomic mass is 16.5. The normalized spacial score (nSPS) is 20.5. The zero-order valence-electron chi connectivity index (χ0n) is 7.04. The average Bonchev–Trinajstić information content (AvgIpc) is 2.48. The SMILES string of the molecule is CC1(c2cc(CN)on2)COC1. The van der Waals surface area contributed by atoms with Gasteiger partial charge < -0.3 is 15.0 Å². The van der Waals surface area contributed by atoms with Crippen molar-refractivity contribution in [3.8, 4) is 0 Å². The zero-order chi connectivity index (χ0) is 8.60. The van der Waals surface area contributed by atoms with Gasteiger partial charge in [-0.05, 0) is 6.92 Å². The number of nitrogens with two attached hydrogens (primary N) is 1. The highest BCUT2D eigenvalue weighted by molar-refractivity contribution is 5.19. The van der Waals surface area contributed by atoms with Gasteiger partial charge in [0.1, 0.15) is 0 Å². The molecule has 0 unspecified atom stereocenters. The van der Waals surface area contributed by atoms with Crippen LogP contribution in [0, 0.1) is 0 Å². The second-order valence-electron chi connectivity index (χ2n) is 3.44. The van der Waals surface area contributed by atoms with Crippen LogP contribution in [0.2, 0.25) is 0 Å². The van der Waals surface area contributed by atoms with Gasteiger partial charge in [0, 0.05) is 6.07 Å². The molecule has 0 amide bonds. The molecule has 1 aromatic heterocycles. The Labute approximate surface area is 70.7 Å². The van der Waals surface area contributed by atoms with Crippen molar-refractivity contribution in [3.63, 3.8) is 0 Å². The molecule has 4 heteroatoms. The molecule has 0 atom stereocenters. The van der Waals surface area contributed by atoms with Gasteiger partial charge in [0.2, 0.25) is 0 Å². The quantitative estimate of drug-likeness (QED) is 0.695. The standard InChI is InChI=1S/C8H12N2O2/c1-8(4-11-5-8)7-2-6(3-9)12-10-7/h2H,3-5,9H2,1H3. The van der Waals surface area contributed by atoms with E-state index in [4.69, 9.17) is 15.0 Å². The Morgan fingerprint density at radius 1 is 1.67 bits per heavy atom. The van der Waals surface area contributed by atoms with Gasteiger partial charge in [0.15, 0.2) is 5.76 Å². The monoisotopic (exact) mass is 168 g/mol. The van der Waals surface area contributed by atoms with Crippen LogP contribution in [0.4, 0.5) is 0 Å². The molecular weight excluding hydrogens is 156 g/mol. The first-order valence-electron chi connectivity index (χ1n) is 3.98. The second kappa shape index (κ2) is 2.57. The molecule has 1 aromatic rings. The summed E-state index contributed by atoms with van der Waals surface area (Å²) in [5.41, 5.74) is 6.41. The first kappa shape index (κ1) is 7.76. The lowest BCUT2D eigenvalue weighted by Crippen LogP contribution is -2.44. The van der Waals surface area contributed by atoms with Crippen LogP contribution in [0.1, 0.15) is 18.4 Å². The Kier molecular flexibility index (Phi) is 1.66. The van der Waals surface area contributed by atoms with E-state index in [-0.39, 0.29) is 5.41 Å². The number of hydrogen-bond donors (Lipinski definition) is 1. The van der Waals surface area contributed by atoms with Crippen LogP contribution >= 0.6 is 0 Å². The molecule has 1 fully saturated rings. The van der Waals surface area contributed by atoms with Gasteiger partial charge in [0.05, 0.1) is 30.9 Å². The number of hydrogen-bond acceptors (Lipinski definition) is 4. The van der Waals surface area contributed by atoms with E-state index in [2.05, 4.69) is 12.1 Å². The summed E-state index contributed by atoms with van der Waals surface area (Å²) in [6.45, 7) is 3.96. The van der Waals surface area contributed by atoms with Crippen molar-refractivity contribution < 1.29 is 9.26 Å². The minimum absolute atomic E-state index is 0.0525. The fourth-order valence-electron chi connectivity index (χ4n) is 1.25. The molecule has 1 saturated heterocycles. The van der Waals surface area contributed by atoms with Gasteiger partial charge >= 0.3 is 0 Å². The van der Waals surface area contributed by atoms with E-state index in [9.17, 15) is 0 Å². The van der Waals surface area contributed by atoms with E-state index in [1.54, 1.807) is 0 Å². The van der Waals surface area contributed by atoms with Crippen molar-refractivity contribution in [2.45, 2.75) is 18.9 Å². The molecule has 0 aliphatic carbocycles. The molecule has 4 nitrogen and oxygen atoms in total. The number of rotatable bonds is 2. The van der Waals surface area contributed by atoms with Gasteiger partial charge in [0.25, 0.3) is 0 Å². The van der Waals surface area contributed by atoms with Crippen LogP contribution in [0.25, 0.3) is 0 Å². The fraction of sp³-hybridized carbons (Fsp3) is 0.625. The van der Waals surface area contributed by atoms with E-state index < -0.39 is 0 Å². The Morgan fingerprint density at radius 2 is 2.42 bits per heavy atom. The summed E-state index contributed by atoms with van der Waals surface area (Å²) < 4.78 is 10.1. The van der Waals surface area contributed by atoms with Crippen molar-refractivity contribution in [1.29, 1.82) is 0 Å². The van der Waals surface area contributed by atoms with Crippen LogP contribution in [0.5, 0.6) is 0 Å². The maximum Gasteiger partial charge on any atom is 0.150 e. The lowest BCUT2D eigenvalue weighted by molar-refractivity contribution is -0.0532. The minimum atomic E-state index is 0.0525. The largest absolute Gasteiger partial charge is 0.379 e. The van der Waals surface area contributed by atoms with Gasteiger partial charge in [-0.1, -0.05) is 5.16 Å². The van der Waals surface area contributed by atoms with E-state index in [0.717, 1.165) is 24.7 Å². The fourth-order valence-corrected chi connectivity index (χ4v) is 1.25. The van der Waals surface area contributed by atoms with Gasteiger partial charge in [-0.3, -0.25) is 0 Å². The van der Waals surface area contributed by atoms with Crippen molar-refractivity contribution in [2.75, 3.05) is 13.2 Å². The lowest BCUT2D eigenvalue weighted by atomic mass is 9.85. The van der Waals surface area contributed by atoms with E-state index in [1.165, 1.54) is 0 Å². The predicted octanol–water partition coefficient (Wildman–Crippen LogP) is 0.421. The summed E-state index contributed by atoms with van der Waals surface area (Å²) in [7, 11) is 0. The summed E-state index contributed by atoms with van der Waals surface area (Å²) in [4.78, 5) is 0. The first-order chi connectivity index (χ1) is 5.74. The van der Waals surface area contributed by atoms with Crippen LogP contribution in [-0.2, 0) is 16.7 Å². The Balaban J connectivity index is 2.22. The molecule has 0 aromatic carbocycles. The number of ether oxygens (including phenoxy) is 1. The third kappa shape index (κ3) is 1.04. The maximum absolute atomic E-state index is 5.40. The highest BCUT2D eigenvalue weighted by Crippen LogP contribution is 2.30. The van der Waals surface area contributed by atoms with Crippen LogP contribution < -0.4 is 5.73 Å². The van der Waals surface area contributed by atoms with Crippen molar-refractivity contribution in [1.82, 2.24) is 5.16 Å². The van der Waals surface area contributed by atoms with E-state index >= 15 is 0 Å². The molecule has 1 aliphatic heterocycles. The molecule has 1 aliphatic rings. The summed E-state index contributed by atoms with van der Waals surface area (Å²) in [5.74, 6) is 0.734. The smallest absolute Gasteiger partial charge is 0.150 e. The molecule has 66 valence electrons. The Bertz CT molecular complexity index is 278. The van der Waals surface area contributed by atoms with Gasteiger partial charge in [-0.25, -0.2) is 0 Å². The summed E-state index contributed by atoms with van der Waals surface area (Å²) in [5, 5.41) is 3.95. The number of nitrogens with zero attached hydrogens (tertiary/aromatic N) is 1. The Morgan fingerprint density at radius 3 is 2.83 bits per heavy atom. The van der Waals surface area contributed by atoms with E-state index in [1.807, 2.05) is 6.07 Å². The summed E-state index contributed by atoms with van der Waals surface area (Å²) in [6, 6.07) is 1.91.